The minimum absolute atomic E-state index is 0.193. The average Bonchev–Trinajstić information content (AvgIpc) is 2.62. The van der Waals surface area contributed by atoms with E-state index in [0.717, 1.165) is 9.80 Å². The van der Waals surface area contributed by atoms with Crippen LogP contribution in [-0.4, -0.2) is 117 Å². The molecule has 31 heavy (non-hydrogen) atoms. The van der Waals surface area contributed by atoms with Crippen molar-refractivity contribution in [2.24, 2.45) is 0 Å². The summed E-state index contributed by atoms with van der Waals surface area (Å²) in [6.45, 7) is -3.20. The third-order valence-electron chi connectivity index (χ3n) is 4.15. The molecule has 15 nitrogen and oxygen atoms in total. The first-order valence-electron chi connectivity index (χ1n) is 8.99. The van der Waals surface area contributed by atoms with Gasteiger partial charge in [-0.3, -0.25) is 14.7 Å². The Hall–Kier alpha value is -2.85. The van der Waals surface area contributed by atoms with Gasteiger partial charge in [0.1, 0.15) is 12.3 Å². The molecule has 0 aliphatic carbocycles. The van der Waals surface area contributed by atoms with Crippen molar-refractivity contribution in [2.45, 2.75) is 12.3 Å². The zero-order chi connectivity index (χ0) is 24.1. The van der Waals surface area contributed by atoms with E-state index in [1.165, 1.54) is 19.0 Å². The summed E-state index contributed by atoms with van der Waals surface area (Å²) < 4.78 is 0. The van der Waals surface area contributed by atoms with Gasteiger partial charge in [-0.15, -0.1) is 0 Å². The van der Waals surface area contributed by atoms with Crippen LogP contribution in [0.5, 0.6) is 0 Å². The van der Waals surface area contributed by atoms with E-state index in [2.05, 4.69) is 10.6 Å². The Bertz CT molecular complexity index is 600. The van der Waals surface area contributed by atoms with Crippen molar-refractivity contribution in [3.63, 3.8) is 0 Å². The van der Waals surface area contributed by atoms with Crippen LogP contribution in [0.2, 0.25) is 0 Å². The molecule has 2 N–H and O–H groups in total. The molecule has 0 radical (unpaired) electrons. The molecule has 0 aromatic rings. The summed E-state index contributed by atoms with van der Waals surface area (Å²) in [7, 11) is 2.49. The number of nitrogens with zero attached hydrogens (tertiary/aromatic N) is 3. The van der Waals surface area contributed by atoms with E-state index < -0.39 is 61.8 Å². The predicted molar refractivity (Wildman–Crippen MR) is 90.3 cm³/mol. The van der Waals surface area contributed by atoms with Gasteiger partial charge in [0.15, 0.2) is 0 Å². The fourth-order valence-electron chi connectivity index (χ4n) is 2.82. The van der Waals surface area contributed by atoms with Gasteiger partial charge in [0.05, 0.1) is 29.8 Å². The fraction of sp³-hybridized carbons (Fsp3) is 0.688. The van der Waals surface area contributed by atoms with Crippen LogP contribution < -0.4 is 36.2 Å². The summed E-state index contributed by atoms with van der Waals surface area (Å²) in [5.41, 5.74) is 0. The number of aliphatic carboxylic acids is 5. The number of carboxylic acid groups (broad SMARTS) is 5. The van der Waals surface area contributed by atoms with E-state index in [0.29, 0.717) is 0 Å². The van der Waals surface area contributed by atoms with E-state index in [1.54, 1.807) is 0 Å². The van der Waals surface area contributed by atoms with Gasteiger partial charge >= 0.3 is 0 Å². The van der Waals surface area contributed by atoms with Crippen molar-refractivity contribution in [1.29, 1.82) is 0 Å². The molecule has 0 aromatic carbocycles. The average molecular weight is 446 g/mol. The molecule has 0 heterocycles. The largest absolute Gasteiger partial charge is 0.549 e. The molecule has 0 rings (SSSR count). The van der Waals surface area contributed by atoms with Gasteiger partial charge in [0.25, 0.3) is 0 Å². The van der Waals surface area contributed by atoms with E-state index in [9.17, 15) is 49.5 Å². The number of likely N-dealkylation sites (N-methyl/N-ethyl adjacent to an activating group) is 2. The van der Waals surface area contributed by atoms with E-state index in [4.69, 9.17) is 0 Å². The molecule has 0 saturated heterocycles. The van der Waals surface area contributed by atoms with Crippen molar-refractivity contribution in [2.75, 3.05) is 59.9 Å². The summed E-state index contributed by atoms with van der Waals surface area (Å²) in [6.07, 6.45) is -3.02. The maximum absolute atomic E-state index is 11.2. The van der Waals surface area contributed by atoms with Gasteiger partial charge in [-0.25, -0.2) is 0 Å². The number of rotatable bonds is 18. The zero-order valence-electron chi connectivity index (χ0n) is 17.0. The van der Waals surface area contributed by atoms with Crippen molar-refractivity contribution in [3.05, 3.63) is 0 Å². The van der Waals surface area contributed by atoms with Crippen LogP contribution >= 0.6 is 0 Å². The smallest absolute Gasteiger partial charge is 0.101 e. The lowest BCUT2D eigenvalue weighted by Crippen LogP contribution is -2.60. The predicted octanol–water partition coefficient (Wildman–Crippen LogP) is -10.3. The Morgan fingerprint density at radius 3 is 1.16 bits per heavy atom. The van der Waals surface area contributed by atoms with Crippen molar-refractivity contribution >= 4 is 29.8 Å². The first kappa shape index (κ1) is 28.1. The summed E-state index contributed by atoms with van der Waals surface area (Å²) in [6, 6.07) is 0. The molecular formula is C16H24N5O10-5. The zero-order valence-corrected chi connectivity index (χ0v) is 17.0. The topological polar surface area (TPSA) is 234 Å². The monoisotopic (exact) mass is 446 g/mol. The number of carbonyl (C=O) groups is 5. The van der Waals surface area contributed by atoms with Gasteiger partial charge in [0, 0.05) is 45.8 Å². The van der Waals surface area contributed by atoms with Crippen LogP contribution in [0, 0.1) is 0 Å². The standard InChI is InChI=1S/C16H29N5O10/c1-17-13(15(28)29)20(8-11(24)25)5-3-19(7-10(22)23)4-6-21(9-12(26)27)14(18-2)16(30)31/h13-14,17-18H,3-9H2,1-2H3,(H,22,23)(H,24,25)(H,26,27)(H,28,29)(H,30,31)/p-5. The highest BCUT2D eigenvalue weighted by molar-refractivity contribution is 5.73. The molecule has 0 aromatic heterocycles. The molecule has 2 atom stereocenters. The van der Waals surface area contributed by atoms with Crippen LogP contribution in [-0.2, 0) is 24.0 Å². The number of nitrogens with one attached hydrogen (secondary N) is 2. The Kier molecular flexibility index (Phi) is 12.9. The summed E-state index contributed by atoms with van der Waals surface area (Å²) in [4.78, 5) is 58.3. The molecule has 0 aliphatic rings. The van der Waals surface area contributed by atoms with Crippen molar-refractivity contribution < 1.29 is 49.5 Å². The SMILES string of the molecule is CNC(C(=O)[O-])N(CCN(CCN(CC(=O)[O-])C(NC)C(=O)[O-])CC(=O)[O-])CC(=O)[O-]. The van der Waals surface area contributed by atoms with Gasteiger partial charge in [-0.2, -0.15) is 0 Å². The molecule has 0 saturated carbocycles. The molecule has 15 heteroatoms. The summed E-state index contributed by atoms with van der Waals surface area (Å²) in [5, 5.41) is 59.9. The Labute approximate surface area is 177 Å². The molecular weight excluding hydrogens is 422 g/mol. The van der Waals surface area contributed by atoms with Crippen molar-refractivity contribution in [1.82, 2.24) is 25.3 Å². The number of carbonyl (C=O) groups excluding carboxylic acids is 5. The lowest BCUT2D eigenvalue weighted by Gasteiger charge is -2.36. The quantitative estimate of drug-likeness (QED) is 0.186. The molecule has 178 valence electrons. The third kappa shape index (κ3) is 11.2. The Morgan fingerprint density at radius 1 is 0.613 bits per heavy atom. The second kappa shape index (κ2) is 14.2. The van der Waals surface area contributed by atoms with Gasteiger partial charge < -0.3 is 60.1 Å². The summed E-state index contributed by atoms with van der Waals surface area (Å²) in [5.74, 6) is -7.94. The minimum Gasteiger partial charge on any atom is -0.549 e. The number of hydrogen-bond acceptors (Lipinski definition) is 15. The molecule has 0 bridgehead atoms. The molecule has 0 aliphatic heterocycles. The van der Waals surface area contributed by atoms with Gasteiger partial charge in [-0.1, -0.05) is 0 Å². The van der Waals surface area contributed by atoms with Crippen LogP contribution in [0.4, 0.5) is 0 Å². The second-order valence-electron chi connectivity index (χ2n) is 6.35. The number of hydrogen-bond donors (Lipinski definition) is 2. The highest BCUT2D eigenvalue weighted by atomic mass is 16.4. The van der Waals surface area contributed by atoms with E-state index >= 15 is 0 Å². The van der Waals surface area contributed by atoms with Crippen LogP contribution in [0.15, 0.2) is 0 Å². The first-order valence-corrected chi connectivity index (χ1v) is 8.99. The second-order valence-corrected chi connectivity index (χ2v) is 6.35. The maximum Gasteiger partial charge on any atom is 0.101 e. The number of carboxylic acids is 5. The highest BCUT2D eigenvalue weighted by Gasteiger charge is 2.21. The fourth-order valence-corrected chi connectivity index (χ4v) is 2.82. The molecule has 0 spiro atoms. The lowest BCUT2D eigenvalue weighted by atomic mass is 10.3. The molecule has 2 unspecified atom stereocenters. The summed E-state index contributed by atoms with van der Waals surface area (Å²) >= 11 is 0. The lowest BCUT2D eigenvalue weighted by molar-refractivity contribution is -0.318. The van der Waals surface area contributed by atoms with E-state index in [-0.39, 0.29) is 26.2 Å². The van der Waals surface area contributed by atoms with Gasteiger partial charge in [-0.05, 0) is 14.1 Å². The highest BCUT2D eigenvalue weighted by Crippen LogP contribution is 2.01. The van der Waals surface area contributed by atoms with E-state index in [1.807, 2.05) is 0 Å². The minimum atomic E-state index is -1.62. The normalized spacial score (nSPS) is 13.3. The molecule has 0 amide bonds. The Morgan fingerprint density at radius 2 is 0.935 bits per heavy atom. The Balaban J connectivity index is 5.35. The van der Waals surface area contributed by atoms with Crippen LogP contribution in [0.1, 0.15) is 0 Å². The van der Waals surface area contributed by atoms with Crippen LogP contribution in [0.25, 0.3) is 0 Å². The maximum atomic E-state index is 11.2. The van der Waals surface area contributed by atoms with Crippen molar-refractivity contribution in [3.8, 4) is 0 Å². The third-order valence-corrected chi connectivity index (χ3v) is 4.15. The van der Waals surface area contributed by atoms with Gasteiger partial charge in [0.2, 0.25) is 0 Å². The molecule has 0 fully saturated rings. The van der Waals surface area contributed by atoms with Crippen LogP contribution in [0.3, 0.4) is 0 Å². The first-order chi connectivity index (χ1) is 14.4.